The minimum atomic E-state index is -0.411. The van der Waals surface area contributed by atoms with Crippen molar-refractivity contribution in [2.45, 2.75) is 6.54 Å². The van der Waals surface area contributed by atoms with Crippen molar-refractivity contribution in [1.29, 1.82) is 0 Å². The maximum absolute atomic E-state index is 14.5. The quantitative estimate of drug-likeness (QED) is 0.612. The first-order valence-corrected chi connectivity index (χ1v) is 11.1. The van der Waals surface area contributed by atoms with E-state index in [-0.39, 0.29) is 17.5 Å². The normalized spacial score (nSPS) is 16.2. The number of nitrogens with one attached hydrogen (secondary N) is 1. The molecule has 1 fully saturated rings. The Morgan fingerprint density at radius 1 is 1.27 bits per heavy atom. The predicted octanol–water partition coefficient (Wildman–Crippen LogP) is 1.93. The number of nitrogens with zero attached hydrogens (tertiary/aromatic N) is 6. The number of ether oxygens (including phenoxy) is 1. The van der Waals surface area contributed by atoms with E-state index in [1.54, 1.807) is 21.8 Å². The lowest BCUT2D eigenvalue weighted by molar-refractivity contribution is -0.132. The number of halogens is 2. The number of fused-ring (bicyclic) bond motifs is 1. The molecule has 3 aromatic rings. The van der Waals surface area contributed by atoms with Gasteiger partial charge in [0.15, 0.2) is 5.65 Å². The van der Waals surface area contributed by atoms with Crippen molar-refractivity contribution in [2.24, 2.45) is 4.99 Å². The molecule has 0 aliphatic carbocycles. The molecule has 0 atom stereocenters. The van der Waals surface area contributed by atoms with Crippen LogP contribution >= 0.6 is 11.6 Å². The Bertz CT molecular complexity index is 1240. The van der Waals surface area contributed by atoms with Crippen molar-refractivity contribution in [3.8, 4) is 5.75 Å². The van der Waals surface area contributed by atoms with Crippen LogP contribution in [0.25, 0.3) is 11.0 Å². The van der Waals surface area contributed by atoms with Crippen LogP contribution in [-0.4, -0.2) is 77.8 Å². The number of amidine groups is 1. The number of rotatable bonds is 5. The maximum Gasteiger partial charge on any atom is 0.244 e. The summed E-state index contributed by atoms with van der Waals surface area (Å²) in [5, 5.41) is 8.95. The summed E-state index contributed by atoms with van der Waals surface area (Å²) in [4.78, 5) is 25.6. The number of methoxy groups -OCH3 is 1. The van der Waals surface area contributed by atoms with Gasteiger partial charge in [-0.05, 0) is 18.2 Å². The monoisotopic (exact) mass is 471 g/mol. The van der Waals surface area contributed by atoms with Crippen molar-refractivity contribution in [1.82, 2.24) is 25.0 Å². The third-order valence-corrected chi connectivity index (χ3v) is 6.18. The summed E-state index contributed by atoms with van der Waals surface area (Å²) in [6, 6.07) is 6.63. The molecule has 11 heteroatoms. The predicted molar refractivity (Wildman–Crippen MR) is 124 cm³/mol. The molecule has 0 radical (unpaired) electrons. The first-order valence-electron chi connectivity index (χ1n) is 10.7. The number of hydrogen-bond acceptors (Lipinski definition) is 7. The third kappa shape index (κ3) is 4.06. The molecule has 2 aliphatic heterocycles. The second-order valence-electron chi connectivity index (χ2n) is 7.84. The summed E-state index contributed by atoms with van der Waals surface area (Å²) < 4.78 is 21.3. The number of hydrogen-bond donors (Lipinski definition) is 1. The summed E-state index contributed by atoms with van der Waals surface area (Å²) in [7, 11) is 1.49. The van der Waals surface area contributed by atoms with Gasteiger partial charge in [0.2, 0.25) is 5.91 Å². The van der Waals surface area contributed by atoms with E-state index in [1.165, 1.54) is 13.2 Å². The number of pyridine rings is 1. The summed E-state index contributed by atoms with van der Waals surface area (Å²) in [6.07, 6.45) is 1.69. The molecule has 5 rings (SSSR count). The van der Waals surface area contributed by atoms with Gasteiger partial charge in [0.25, 0.3) is 0 Å². The van der Waals surface area contributed by atoms with Crippen LogP contribution in [0.5, 0.6) is 5.75 Å². The number of aromatic nitrogens is 3. The Hall–Kier alpha value is -3.40. The molecule has 0 saturated carbocycles. The van der Waals surface area contributed by atoms with Crippen LogP contribution in [-0.2, 0) is 11.3 Å². The summed E-state index contributed by atoms with van der Waals surface area (Å²) >= 11 is 6.01. The van der Waals surface area contributed by atoms with E-state index in [0.29, 0.717) is 55.5 Å². The largest absolute Gasteiger partial charge is 0.495 e. The summed E-state index contributed by atoms with van der Waals surface area (Å²) in [5.41, 5.74) is 1.77. The Morgan fingerprint density at radius 3 is 2.82 bits per heavy atom. The van der Waals surface area contributed by atoms with Gasteiger partial charge < -0.3 is 19.9 Å². The van der Waals surface area contributed by atoms with Crippen molar-refractivity contribution < 1.29 is 13.9 Å². The molecule has 1 amide bonds. The van der Waals surface area contributed by atoms with Crippen LogP contribution in [0.1, 0.15) is 5.69 Å². The lowest BCUT2D eigenvalue weighted by atomic mass is 10.2. The van der Waals surface area contributed by atoms with Gasteiger partial charge in [-0.1, -0.05) is 11.6 Å². The molecule has 33 heavy (non-hydrogen) atoms. The number of aliphatic imine (C=N–C) groups is 1. The van der Waals surface area contributed by atoms with Crippen LogP contribution in [0.15, 0.2) is 35.5 Å². The highest BCUT2D eigenvalue weighted by atomic mass is 35.5. The van der Waals surface area contributed by atoms with Crippen LogP contribution in [0.3, 0.4) is 0 Å². The lowest BCUT2D eigenvalue weighted by Crippen LogP contribution is -2.50. The van der Waals surface area contributed by atoms with Gasteiger partial charge in [-0.25, -0.2) is 14.1 Å². The minimum absolute atomic E-state index is 0.0632. The highest BCUT2D eigenvalue weighted by molar-refractivity contribution is 6.32. The maximum atomic E-state index is 14.5. The fourth-order valence-electron chi connectivity index (χ4n) is 4.19. The summed E-state index contributed by atoms with van der Waals surface area (Å²) in [6.45, 7) is 3.48. The first kappa shape index (κ1) is 21.4. The molecule has 1 saturated heterocycles. The SMILES string of the molecule is COc1cc(N2CCN(C(=O)Cn3nc(C4=NCCN4)c4cccnc43)CC2)c(F)cc1Cl. The Balaban J connectivity index is 1.29. The van der Waals surface area contributed by atoms with Gasteiger partial charge in [0.1, 0.15) is 29.6 Å². The molecule has 2 aliphatic rings. The van der Waals surface area contributed by atoms with Crippen LogP contribution < -0.4 is 15.0 Å². The van der Waals surface area contributed by atoms with E-state index in [1.807, 2.05) is 17.0 Å². The van der Waals surface area contributed by atoms with Gasteiger partial charge in [0, 0.05) is 45.0 Å². The van der Waals surface area contributed by atoms with E-state index in [4.69, 9.17) is 16.3 Å². The third-order valence-electron chi connectivity index (χ3n) is 5.88. The van der Waals surface area contributed by atoms with Gasteiger partial charge in [-0.3, -0.25) is 9.79 Å². The average Bonchev–Trinajstić information content (AvgIpc) is 3.48. The van der Waals surface area contributed by atoms with Crippen molar-refractivity contribution >= 4 is 40.1 Å². The second kappa shape index (κ2) is 8.86. The average molecular weight is 472 g/mol. The number of carbonyl (C=O) groups excluding carboxylic acids is 1. The van der Waals surface area contributed by atoms with Crippen molar-refractivity contribution in [2.75, 3.05) is 51.3 Å². The topological polar surface area (TPSA) is 87.9 Å². The van der Waals surface area contributed by atoms with Gasteiger partial charge in [-0.15, -0.1) is 0 Å². The molecule has 1 N–H and O–H groups in total. The molecular formula is C22H23ClFN7O2. The van der Waals surface area contributed by atoms with E-state index in [9.17, 15) is 9.18 Å². The van der Waals surface area contributed by atoms with Gasteiger partial charge in [-0.2, -0.15) is 5.10 Å². The molecular weight excluding hydrogens is 449 g/mol. The Kier molecular flexibility index (Phi) is 5.76. The zero-order valence-electron chi connectivity index (χ0n) is 18.1. The number of carbonyl (C=O) groups is 1. The summed E-state index contributed by atoms with van der Waals surface area (Å²) in [5.74, 6) is 0.674. The number of anilines is 1. The number of piperazine rings is 1. The molecule has 2 aromatic heterocycles. The molecule has 9 nitrogen and oxygen atoms in total. The van der Waals surface area contributed by atoms with E-state index in [0.717, 1.165) is 17.8 Å². The smallest absolute Gasteiger partial charge is 0.244 e. The number of amides is 1. The highest BCUT2D eigenvalue weighted by Gasteiger charge is 2.26. The van der Waals surface area contributed by atoms with Crippen LogP contribution in [0.2, 0.25) is 5.02 Å². The number of benzene rings is 1. The molecule has 172 valence electrons. The van der Waals surface area contributed by atoms with E-state index >= 15 is 0 Å². The van der Waals surface area contributed by atoms with Crippen LogP contribution in [0.4, 0.5) is 10.1 Å². The molecule has 0 bridgehead atoms. The fourth-order valence-corrected chi connectivity index (χ4v) is 4.42. The standard InChI is InChI=1S/C22H23ClFN7O2/c1-33-18-12-17(16(24)11-15(18)23)29-7-9-30(10-8-29)19(32)13-31-22-14(3-2-4-27-22)20(28-31)21-25-5-6-26-21/h2-4,11-12H,5-10,13H2,1H3,(H,25,26). The van der Waals surface area contributed by atoms with Crippen molar-refractivity contribution in [3.63, 3.8) is 0 Å². The molecule has 0 spiro atoms. The lowest BCUT2D eigenvalue weighted by Gasteiger charge is -2.36. The zero-order valence-corrected chi connectivity index (χ0v) is 18.8. The first-order chi connectivity index (χ1) is 16.0. The Labute approximate surface area is 194 Å². The van der Waals surface area contributed by atoms with E-state index in [2.05, 4.69) is 20.4 Å². The fraction of sp³-hybridized carbons (Fsp3) is 0.364. The van der Waals surface area contributed by atoms with Gasteiger partial charge >= 0.3 is 0 Å². The molecule has 0 unspecified atom stereocenters. The highest BCUT2D eigenvalue weighted by Crippen LogP contribution is 2.32. The Morgan fingerprint density at radius 2 is 2.09 bits per heavy atom. The van der Waals surface area contributed by atoms with Crippen molar-refractivity contribution in [3.05, 3.63) is 47.0 Å². The second-order valence-corrected chi connectivity index (χ2v) is 8.25. The molecule has 4 heterocycles. The molecule has 1 aromatic carbocycles. The van der Waals surface area contributed by atoms with E-state index < -0.39 is 5.82 Å². The zero-order chi connectivity index (χ0) is 22.9. The minimum Gasteiger partial charge on any atom is -0.495 e. The van der Waals surface area contributed by atoms with Crippen LogP contribution in [0, 0.1) is 5.82 Å². The van der Waals surface area contributed by atoms with Gasteiger partial charge in [0.05, 0.1) is 29.8 Å².